The maximum Gasteiger partial charge on any atom is 0.418 e. The van der Waals surface area contributed by atoms with Crippen molar-refractivity contribution >= 4 is 28.5 Å². The van der Waals surface area contributed by atoms with Gasteiger partial charge in [0.1, 0.15) is 12.4 Å². The summed E-state index contributed by atoms with van der Waals surface area (Å²) in [5, 5.41) is 2.28. The van der Waals surface area contributed by atoms with Crippen molar-refractivity contribution in [3.8, 4) is 0 Å². The number of carbonyl (C=O) groups excluding carboxylic acids is 2. The number of aromatic nitrogens is 2. The molecule has 0 aliphatic carbocycles. The molecule has 0 fully saturated rings. The quantitative estimate of drug-likeness (QED) is 0.611. The Morgan fingerprint density at radius 2 is 1.74 bits per heavy atom. The average molecular weight is 432 g/mol. The second-order valence-corrected chi connectivity index (χ2v) is 6.96. The summed E-state index contributed by atoms with van der Waals surface area (Å²) in [6.07, 6.45) is -3.97. The largest absolute Gasteiger partial charge is 0.418 e. The highest BCUT2D eigenvalue weighted by molar-refractivity contribution is 5.95. The molecule has 0 spiro atoms. The van der Waals surface area contributed by atoms with Crippen molar-refractivity contribution in [1.82, 2.24) is 14.5 Å². The number of aryl methyl sites for hydroxylation is 1. The predicted octanol–water partition coefficient (Wildman–Crippen LogP) is 4.10. The molecule has 1 heterocycles. The lowest BCUT2D eigenvalue weighted by Gasteiger charge is -2.22. The van der Waals surface area contributed by atoms with Crippen LogP contribution in [0, 0.1) is 0 Å². The summed E-state index contributed by atoms with van der Waals surface area (Å²) in [6, 6.07) is 12.2. The van der Waals surface area contributed by atoms with Crippen molar-refractivity contribution in [2.24, 2.45) is 0 Å². The molecule has 31 heavy (non-hydrogen) atoms. The van der Waals surface area contributed by atoms with E-state index in [1.165, 1.54) is 23.1 Å². The van der Waals surface area contributed by atoms with Crippen molar-refractivity contribution in [1.29, 1.82) is 0 Å². The molecule has 3 rings (SSSR count). The van der Waals surface area contributed by atoms with E-state index >= 15 is 0 Å². The van der Waals surface area contributed by atoms with Crippen LogP contribution in [0.1, 0.15) is 25.2 Å². The molecule has 6 nitrogen and oxygen atoms in total. The zero-order chi connectivity index (χ0) is 22.6. The molecular weight excluding hydrogens is 409 g/mol. The zero-order valence-electron chi connectivity index (χ0n) is 17.2. The maximum absolute atomic E-state index is 13.1. The number of nitrogens with zero attached hydrogens (tertiary/aromatic N) is 3. The third kappa shape index (κ3) is 5.04. The molecule has 3 aromatic rings. The van der Waals surface area contributed by atoms with Crippen LogP contribution in [0.3, 0.4) is 0 Å². The van der Waals surface area contributed by atoms with E-state index in [4.69, 9.17) is 0 Å². The van der Waals surface area contributed by atoms with Crippen LogP contribution in [0.4, 0.5) is 18.9 Å². The van der Waals surface area contributed by atoms with Crippen molar-refractivity contribution < 1.29 is 22.8 Å². The Kier molecular flexibility index (Phi) is 6.62. The van der Waals surface area contributed by atoms with E-state index in [1.807, 2.05) is 31.2 Å². The van der Waals surface area contributed by atoms with Gasteiger partial charge in [0.25, 0.3) is 0 Å². The second-order valence-electron chi connectivity index (χ2n) is 6.96. The fraction of sp³-hybridized carbons (Fsp3) is 0.318. The number of hydrogen-bond acceptors (Lipinski definition) is 3. The Labute approximate surface area is 177 Å². The number of amides is 2. The monoisotopic (exact) mass is 432 g/mol. The van der Waals surface area contributed by atoms with Gasteiger partial charge < -0.3 is 14.8 Å². The number of carbonyl (C=O) groups is 2. The van der Waals surface area contributed by atoms with Crippen molar-refractivity contribution in [2.75, 3.05) is 18.4 Å². The highest BCUT2D eigenvalue weighted by Crippen LogP contribution is 2.34. The van der Waals surface area contributed by atoms with Crippen LogP contribution in [0.15, 0.2) is 48.5 Å². The fourth-order valence-corrected chi connectivity index (χ4v) is 3.39. The number of alkyl halides is 3. The molecule has 0 atom stereocenters. The van der Waals surface area contributed by atoms with Gasteiger partial charge in [-0.25, -0.2) is 4.98 Å². The Balaban J connectivity index is 1.74. The van der Waals surface area contributed by atoms with Crippen LogP contribution in [0.2, 0.25) is 0 Å². The summed E-state index contributed by atoms with van der Waals surface area (Å²) in [7, 11) is 0. The van der Waals surface area contributed by atoms with Gasteiger partial charge in [0.05, 0.1) is 28.8 Å². The highest BCUT2D eigenvalue weighted by atomic mass is 19.4. The SMILES string of the molecule is CCc1nc2ccccc2n1CC(=O)N(CC)CC(=O)Nc1ccccc1C(F)(F)F. The summed E-state index contributed by atoms with van der Waals surface area (Å²) in [6.45, 7) is 3.52. The van der Waals surface area contributed by atoms with Gasteiger partial charge in [-0.2, -0.15) is 13.2 Å². The molecule has 2 aromatic carbocycles. The smallest absolute Gasteiger partial charge is 0.332 e. The van der Waals surface area contributed by atoms with Crippen LogP contribution >= 0.6 is 0 Å². The lowest BCUT2D eigenvalue weighted by molar-refractivity contribution is -0.137. The Bertz CT molecular complexity index is 1090. The first-order chi connectivity index (χ1) is 14.7. The number of halogens is 3. The van der Waals surface area contributed by atoms with Crippen LogP contribution < -0.4 is 5.32 Å². The van der Waals surface area contributed by atoms with Crippen LogP contribution in [0.25, 0.3) is 11.0 Å². The van der Waals surface area contributed by atoms with E-state index in [0.29, 0.717) is 6.42 Å². The highest BCUT2D eigenvalue weighted by Gasteiger charge is 2.33. The molecule has 0 unspecified atom stereocenters. The standard InChI is InChI=1S/C22H23F3N4O2/c1-3-19-26-17-11-7-8-12-18(17)29(19)14-21(31)28(4-2)13-20(30)27-16-10-6-5-9-15(16)22(23,24)25/h5-12H,3-4,13-14H2,1-2H3,(H,27,30). The molecule has 0 bridgehead atoms. The summed E-state index contributed by atoms with van der Waals surface area (Å²) < 4.78 is 41.2. The van der Waals surface area contributed by atoms with Crippen LogP contribution in [0.5, 0.6) is 0 Å². The van der Waals surface area contributed by atoms with Crippen LogP contribution in [-0.2, 0) is 28.7 Å². The third-order valence-corrected chi connectivity index (χ3v) is 4.92. The van der Waals surface area contributed by atoms with Crippen molar-refractivity contribution in [2.45, 2.75) is 33.0 Å². The topological polar surface area (TPSA) is 67.2 Å². The number of fused-ring (bicyclic) bond motifs is 1. The molecular formula is C22H23F3N4O2. The average Bonchev–Trinajstić information content (AvgIpc) is 3.09. The first-order valence-corrected chi connectivity index (χ1v) is 9.92. The molecule has 0 saturated heterocycles. The van der Waals surface area contributed by atoms with E-state index in [0.717, 1.165) is 22.9 Å². The lowest BCUT2D eigenvalue weighted by atomic mass is 10.1. The summed E-state index contributed by atoms with van der Waals surface area (Å²) in [5.74, 6) is -0.271. The molecule has 0 aliphatic heterocycles. The Morgan fingerprint density at radius 1 is 1.06 bits per heavy atom. The van der Waals surface area contributed by atoms with E-state index in [9.17, 15) is 22.8 Å². The van der Waals surface area contributed by atoms with E-state index in [2.05, 4.69) is 10.3 Å². The van der Waals surface area contributed by atoms with Gasteiger partial charge in [-0.1, -0.05) is 31.2 Å². The van der Waals surface area contributed by atoms with Gasteiger partial charge in [0.15, 0.2) is 0 Å². The van der Waals surface area contributed by atoms with Crippen LogP contribution in [-0.4, -0.2) is 39.4 Å². The molecule has 0 radical (unpaired) electrons. The van der Waals surface area contributed by atoms with Crippen molar-refractivity contribution in [3.05, 3.63) is 59.9 Å². The number of imidazole rings is 1. The number of rotatable bonds is 7. The molecule has 1 aromatic heterocycles. The fourth-order valence-electron chi connectivity index (χ4n) is 3.39. The number of anilines is 1. The molecule has 9 heteroatoms. The van der Waals surface area contributed by atoms with Gasteiger partial charge >= 0.3 is 6.18 Å². The second kappa shape index (κ2) is 9.20. The minimum Gasteiger partial charge on any atom is -0.332 e. The molecule has 1 N–H and O–H groups in total. The van der Waals surface area contributed by atoms with E-state index in [1.54, 1.807) is 11.5 Å². The van der Waals surface area contributed by atoms with E-state index in [-0.39, 0.29) is 31.2 Å². The number of nitrogens with one attached hydrogen (secondary N) is 1. The van der Waals surface area contributed by atoms with Gasteiger partial charge in [-0.05, 0) is 31.2 Å². The minimum atomic E-state index is -4.59. The van der Waals surface area contributed by atoms with Gasteiger partial charge in [0, 0.05) is 13.0 Å². The molecule has 0 aliphatic rings. The van der Waals surface area contributed by atoms with Gasteiger partial charge in [-0.15, -0.1) is 0 Å². The maximum atomic E-state index is 13.1. The molecule has 164 valence electrons. The molecule has 0 saturated carbocycles. The first kappa shape index (κ1) is 22.3. The third-order valence-electron chi connectivity index (χ3n) is 4.92. The predicted molar refractivity (Wildman–Crippen MR) is 111 cm³/mol. The van der Waals surface area contributed by atoms with Gasteiger partial charge in [-0.3, -0.25) is 9.59 Å². The number of likely N-dealkylation sites (N-methyl/N-ethyl adjacent to an activating group) is 1. The molecule has 2 amide bonds. The first-order valence-electron chi connectivity index (χ1n) is 9.92. The van der Waals surface area contributed by atoms with E-state index < -0.39 is 17.6 Å². The Morgan fingerprint density at radius 3 is 2.42 bits per heavy atom. The number of para-hydroxylation sites is 3. The van der Waals surface area contributed by atoms with Crippen molar-refractivity contribution in [3.63, 3.8) is 0 Å². The normalized spacial score (nSPS) is 11.5. The summed E-state index contributed by atoms with van der Waals surface area (Å²) in [4.78, 5) is 31.1. The Hall–Kier alpha value is -3.36. The number of benzene rings is 2. The summed E-state index contributed by atoms with van der Waals surface area (Å²) >= 11 is 0. The number of hydrogen-bond donors (Lipinski definition) is 1. The lowest BCUT2D eigenvalue weighted by Crippen LogP contribution is -2.40. The minimum absolute atomic E-state index is 0.00998. The summed E-state index contributed by atoms with van der Waals surface area (Å²) in [5.41, 5.74) is 0.316. The van der Waals surface area contributed by atoms with Gasteiger partial charge in [0.2, 0.25) is 11.8 Å². The zero-order valence-corrected chi connectivity index (χ0v) is 17.2.